The molecule has 4 aromatic rings. The topological polar surface area (TPSA) is 79.0 Å². The number of methoxy groups -OCH3 is 1. The third-order valence-corrected chi connectivity index (χ3v) is 4.51. The van der Waals surface area contributed by atoms with E-state index in [-0.39, 0.29) is 6.03 Å². The number of aryl methyl sites for hydroxylation is 1. The van der Waals surface area contributed by atoms with E-state index in [4.69, 9.17) is 4.74 Å². The quantitative estimate of drug-likeness (QED) is 0.461. The molecule has 0 fully saturated rings. The molecule has 0 bridgehead atoms. The number of fused-ring (bicyclic) bond motifs is 1. The van der Waals surface area contributed by atoms with Gasteiger partial charge in [0.1, 0.15) is 11.4 Å². The maximum absolute atomic E-state index is 12.4. The van der Waals surface area contributed by atoms with Gasteiger partial charge < -0.3 is 20.4 Å². The van der Waals surface area contributed by atoms with Crippen molar-refractivity contribution in [3.8, 4) is 16.9 Å². The Bertz CT molecular complexity index is 1130. The highest BCUT2D eigenvalue weighted by Gasteiger charge is 2.09. The molecular weight excluding hydrogens is 352 g/mol. The molecule has 6 heteroatoms. The number of benzene rings is 2. The number of H-pyrrole nitrogens is 1. The molecule has 3 N–H and O–H groups in total. The van der Waals surface area contributed by atoms with E-state index in [1.165, 1.54) is 0 Å². The lowest BCUT2D eigenvalue weighted by atomic mass is 10.1. The fraction of sp³-hybridized carbons (Fsp3) is 0.0909. The van der Waals surface area contributed by atoms with Crippen LogP contribution in [0, 0.1) is 6.92 Å². The molecule has 0 spiro atoms. The number of hydrogen-bond donors (Lipinski definition) is 3. The first-order valence-corrected chi connectivity index (χ1v) is 8.89. The molecule has 2 aromatic heterocycles. The summed E-state index contributed by atoms with van der Waals surface area (Å²) in [6, 6.07) is 16.9. The Labute approximate surface area is 162 Å². The molecule has 0 atom stereocenters. The van der Waals surface area contributed by atoms with E-state index >= 15 is 0 Å². The average Bonchev–Trinajstić information content (AvgIpc) is 3.13. The minimum absolute atomic E-state index is 0.326. The fourth-order valence-corrected chi connectivity index (χ4v) is 3.13. The number of hydrogen-bond acceptors (Lipinski definition) is 3. The van der Waals surface area contributed by atoms with E-state index in [1.54, 1.807) is 13.3 Å². The summed E-state index contributed by atoms with van der Waals surface area (Å²) >= 11 is 0. The molecule has 2 heterocycles. The molecule has 140 valence electrons. The van der Waals surface area contributed by atoms with Crippen LogP contribution in [-0.2, 0) is 0 Å². The lowest BCUT2D eigenvalue weighted by molar-refractivity contribution is 0.262. The number of nitrogens with zero attached hydrogens (tertiary/aromatic N) is 1. The number of aromatic nitrogens is 2. The zero-order valence-electron chi connectivity index (χ0n) is 15.6. The molecule has 0 radical (unpaired) electrons. The van der Waals surface area contributed by atoms with Gasteiger partial charge in [-0.15, -0.1) is 0 Å². The second-order valence-corrected chi connectivity index (χ2v) is 6.46. The number of carbonyl (C=O) groups is 1. The Morgan fingerprint density at radius 3 is 2.68 bits per heavy atom. The highest BCUT2D eigenvalue weighted by atomic mass is 16.5. The van der Waals surface area contributed by atoms with Crippen LogP contribution in [0.5, 0.6) is 5.75 Å². The summed E-state index contributed by atoms with van der Waals surface area (Å²) in [4.78, 5) is 19.8. The number of pyridine rings is 1. The van der Waals surface area contributed by atoms with Crippen molar-refractivity contribution >= 4 is 28.4 Å². The molecular formula is C22H20N4O2. The first-order valence-electron chi connectivity index (χ1n) is 8.89. The third-order valence-electron chi connectivity index (χ3n) is 4.51. The Morgan fingerprint density at radius 1 is 1.07 bits per heavy atom. The molecule has 6 nitrogen and oxygen atoms in total. The van der Waals surface area contributed by atoms with Gasteiger partial charge in [0.05, 0.1) is 12.8 Å². The summed E-state index contributed by atoms with van der Waals surface area (Å²) < 4.78 is 5.29. The summed E-state index contributed by atoms with van der Waals surface area (Å²) in [5.41, 5.74) is 5.34. The number of nitrogens with one attached hydrogen (secondary N) is 3. The van der Waals surface area contributed by atoms with Crippen molar-refractivity contribution in [2.45, 2.75) is 6.92 Å². The molecule has 0 unspecified atom stereocenters. The van der Waals surface area contributed by atoms with Crippen molar-refractivity contribution in [3.63, 3.8) is 0 Å². The average molecular weight is 372 g/mol. The number of amides is 2. The van der Waals surface area contributed by atoms with Crippen molar-refractivity contribution in [1.82, 2.24) is 9.97 Å². The zero-order valence-corrected chi connectivity index (χ0v) is 15.6. The van der Waals surface area contributed by atoms with Gasteiger partial charge in [-0.3, -0.25) is 0 Å². The molecule has 2 amide bonds. The van der Waals surface area contributed by atoms with Crippen molar-refractivity contribution in [3.05, 3.63) is 72.6 Å². The first kappa shape index (κ1) is 17.6. The van der Waals surface area contributed by atoms with Gasteiger partial charge in [0.15, 0.2) is 0 Å². The molecule has 4 rings (SSSR count). The minimum atomic E-state index is -0.326. The van der Waals surface area contributed by atoms with Gasteiger partial charge in [0.25, 0.3) is 0 Å². The Kier molecular flexibility index (Phi) is 4.68. The van der Waals surface area contributed by atoms with Gasteiger partial charge in [-0.25, -0.2) is 9.78 Å². The second kappa shape index (κ2) is 7.44. The predicted molar refractivity (Wildman–Crippen MR) is 112 cm³/mol. The van der Waals surface area contributed by atoms with Gasteiger partial charge in [0.2, 0.25) is 0 Å². The number of carbonyl (C=O) groups excluding carboxylic acids is 1. The third kappa shape index (κ3) is 3.53. The minimum Gasteiger partial charge on any atom is -0.495 e. The summed E-state index contributed by atoms with van der Waals surface area (Å²) in [6.07, 6.45) is 3.70. The standard InChI is InChI=1S/C22H20N4O2/c1-14-5-10-20(28-2)19(12-14)26-22(27)25-16-8-6-15(7-9-16)18-13-24-21-17(18)4-3-11-23-21/h3-13H,1-2H3,(H,23,24)(H2,25,26,27). The molecule has 0 saturated carbocycles. The predicted octanol–water partition coefficient (Wildman–Crippen LogP) is 5.19. The van der Waals surface area contributed by atoms with Crippen molar-refractivity contribution in [1.29, 1.82) is 0 Å². The van der Waals surface area contributed by atoms with Gasteiger partial charge in [0, 0.05) is 29.0 Å². The second-order valence-electron chi connectivity index (χ2n) is 6.46. The van der Waals surface area contributed by atoms with Crippen LogP contribution in [0.2, 0.25) is 0 Å². The Balaban J connectivity index is 1.49. The van der Waals surface area contributed by atoms with Gasteiger partial charge in [-0.1, -0.05) is 18.2 Å². The Hall–Kier alpha value is -3.80. The maximum Gasteiger partial charge on any atom is 0.323 e. The van der Waals surface area contributed by atoms with Crippen LogP contribution in [0.3, 0.4) is 0 Å². The van der Waals surface area contributed by atoms with Gasteiger partial charge in [-0.05, 0) is 54.4 Å². The first-order chi connectivity index (χ1) is 13.6. The van der Waals surface area contributed by atoms with Crippen molar-refractivity contribution in [2.75, 3.05) is 17.7 Å². The molecule has 28 heavy (non-hydrogen) atoms. The van der Waals surface area contributed by atoms with E-state index in [0.717, 1.165) is 27.7 Å². The molecule has 2 aromatic carbocycles. The largest absolute Gasteiger partial charge is 0.495 e. The summed E-state index contributed by atoms with van der Waals surface area (Å²) in [7, 11) is 1.58. The van der Waals surface area contributed by atoms with Gasteiger partial charge in [-0.2, -0.15) is 0 Å². The fourth-order valence-electron chi connectivity index (χ4n) is 3.13. The molecule has 0 aliphatic rings. The van der Waals surface area contributed by atoms with E-state index in [2.05, 4.69) is 20.6 Å². The normalized spacial score (nSPS) is 10.6. The van der Waals surface area contributed by atoms with Crippen LogP contribution in [0.25, 0.3) is 22.2 Å². The lowest BCUT2D eigenvalue weighted by Crippen LogP contribution is -2.19. The molecule has 0 saturated heterocycles. The van der Waals surface area contributed by atoms with Crippen LogP contribution in [0.1, 0.15) is 5.56 Å². The summed E-state index contributed by atoms with van der Waals surface area (Å²) in [6.45, 7) is 1.96. The highest BCUT2D eigenvalue weighted by Crippen LogP contribution is 2.29. The lowest BCUT2D eigenvalue weighted by Gasteiger charge is -2.12. The number of anilines is 2. The van der Waals surface area contributed by atoms with Crippen molar-refractivity contribution in [2.24, 2.45) is 0 Å². The Morgan fingerprint density at radius 2 is 1.89 bits per heavy atom. The number of ether oxygens (including phenoxy) is 1. The van der Waals surface area contributed by atoms with E-state index in [1.807, 2.05) is 67.7 Å². The summed E-state index contributed by atoms with van der Waals surface area (Å²) in [5.74, 6) is 0.615. The van der Waals surface area contributed by atoms with Crippen molar-refractivity contribution < 1.29 is 9.53 Å². The zero-order chi connectivity index (χ0) is 19.5. The van der Waals surface area contributed by atoms with E-state index in [0.29, 0.717) is 17.1 Å². The molecule has 0 aliphatic carbocycles. The summed E-state index contributed by atoms with van der Waals surface area (Å²) in [5, 5.41) is 6.74. The van der Waals surface area contributed by atoms with Crippen LogP contribution in [-0.4, -0.2) is 23.1 Å². The van der Waals surface area contributed by atoms with Gasteiger partial charge >= 0.3 is 6.03 Å². The smallest absolute Gasteiger partial charge is 0.323 e. The molecule has 0 aliphatic heterocycles. The maximum atomic E-state index is 12.4. The van der Waals surface area contributed by atoms with E-state index in [9.17, 15) is 4.79 Å². The highest BCUT2D eigenvalue weighted by molar-refractivity contribution is 6.01. The SMILES string of the molecule is COc1ccc(C)cc1NC(=O)Nc1ccc(-c2c[nH]c3ncccc23)cc1. The van der Waals surface area contributed by atoms with Crippen LogP contribution < -0.4 is 15.4 Å². The number of urea groups is 1. The monoisotopic (exact) mass is 372 g/mol. The number of rotatable bonds is 4. The number of aromatic amines is 1. The van der Waals surface area contributed by atoms with Crippen LogP contribution in [0.4, 0.5) is 16.2 Å². The van der Waals surface area contributed by atoms with Crippen LogP contribution >= 0.6 is 0 Å². The van der Waals surface area contributed by atoms with Crippen LogP contribution in [0.15, 0.2) is 67.0 Å². The van der Waals surface area contributed by atoms with E-state index < -0.39 is 0 Å².